The van der Waals surface area contributed by atoms with Crippen molar-refractivity contribution in [3.05, 3.63) is 53.1 Å². The molecule has 186 valence electrons. The first kappa shape index (κ1) is 23.8. The van der Waals surface area contributed by atoms with Gasteiger partial charge < -0.3 is 9.31 Å². The Morgan fingerprint density at radius 2 is 1.29 bits per heavy atom. The highest BCUT2D eigenvalue weighted by molar-refractivity contribution is 6.62. The van der Waals surface area contributed by atoms with Crippen molar-refractivity contribution in [3.63, 3.8) is 0 Å². The molecular weight excluding hydrogens is 427 g/mol. The first-order chi connectivity index (χ1) is 16.7. The summed E-state index contributed by atoms with van der Waals surface area (Å²) >= 11 is 0. The second kappa shape index (κ2) is 8.22. The average Bonchev–Trinajstić information content (AvgIpc) is 3.45. The van der Waals surface area contributed by atoms with Gasteiger partial charge in [0.05, 0.1) is 11.2 Å². The molecule has 0 unspecified atom stereocenters. The van der Waals surface area contributed by atoms with Crippen LogP contribution < -0.4 is 5.46 Å². The van der Waals surface area contributed by atoms with Crippen LogP contribution in [-0.4, -0.2) is 18.3 Å². The highest BCUT2D eigenvalue weighted by atomic mass is 16.7. The van der Waals surface area contributed by atoms with Crippen molar-refractivity contribution < 1.29 is 9.31 Å². The molecule has 3 aliphatic carbocycles. The van der Waals surface area contributed by atoms with Gasteiger partial charge in [-0.2, -0.15) is 0 Å². The van der Waals surface area contributed by atoms with Gasteiger partial charge in [-0.25, -0.2) is 0 Å². The van der Waals surface area contributed by atoms with Crippen LogP contribution in [0.5, 0.6) is 0 Å². The third kappa shape index (κ3) is 3.37. The molecule has 3 heteroatoms. The van der Waals surface area contributed by atoms with Gasteiger partial charge in [-0.15, -0.1) is 0 Å². The third-order valence-corrected chi connectivity index (χ3v) is 10.6. The molecule has 0 bridgehead atoms. The molecule has 4 aliphatic rings. The summed E-state index contributed by atoms with van der Waals surface area (Å²) in [5.41, 5.74) is 8.94. The van der Waals surface area contributed by atoms with Gasteiger partial charge in [-0.1, -0.05) is 75.4 Å². The van der Waals surface area contributed by atoms with Crippen LogP contribution >= 0.6 is 0 Å². The summed E-state index contributed by atoms with van der Waals surface area (Å²) in [4.78, 5) is 0. The van der Waals surface area contributed by atoms with Crippen LogP contribution in [0.15, 0.2) is 36.4 Å². The van der Waals surface area contributed by atoms with E-state index in [2.05, 4.69) is 71.0 Å². The van der Waals surface area contributed by atoms with Crippen LogP contribution in [0.2, 0.25) is 0 Å². The van der Waals surface area contributed by atoms with Gasteiger partial charge >= 0.3 is 7.12 Å². The number of fused-ring (bicyclic) bond motifs is 3. The zero-order chi connectivity index (χ0) is 24.5. The Morgan fingerprint density at radius 1 is 0.714 bits per heavy atom. The Bertz CT molecular complexity index is 1100. The molecular formula is C32H43BO2. The Kier molecular flexibility index (Phi) is 5.59. The van der Waals surface area contributed by atoms with Crippen LogP contribution in [0.25, 0.3) is 11.1 Å². The van der Waals surface area contributed by atoms with Crippen molar-refractivity contribution in [1.82, 2.24) is 0 Å². The maximum Gasteiger partial charge on any atom is 0.494 e. The van der Waals surface area contributed by atoms with Crippen molar-refractivity contribution in [2.75, 3.05) is 0 Å². The van der Waals surface area contributed by atoms with Crippen molar-refractivity contribution in [2.45, 2.75) is 127 Å². The predicted octanol–water partition coefficient (Wildman–Crippen LogP) is 7.63. The first-order valence-electron chi connectivity index (χ1n) is 14.4. The molecule has 1 aliphatic heterocycles. The fourth-order valence-electron chi connectivity index (χ4n) is 8.12. The largest absolute Gasteiger partial charge is 0.494 e. The number of benzene rings is 2. The molecule has 1 saturated heterocycles. The number of hydrogen-bond donors (Lipinski definition) is 0. The lowest BCUT2D eigenvalue weighted by Crippen LogP contribution is -2.44. The number of hydrogen-bond acceptors (Lipinski definition) is 2. The Balaban J connectivity index is 1.45. The minimum Gasteiger partial charge on any atom is -0.399 e. The van der Waals surface area contributed by atoms with Crippen molar-refractivity contribution in [3.8, 4) is 11.1 Å². The molecule has 3 fully saturated rings. The quantitative estimate of drug-likeness (QED) is 0.319. The van der Waals surface area contributed by atoms with Crippen molar-refractivity contribution >= 4 is 12.6 Å². The highest BCUT2D eigenvalue weighted by Crippen LogP contribution is 2.69. The van der Waals surface area contributed by atoms with Crippen LogP contribution in [0, 0.1) is 0 Å². The molecule has 0 aromatic heterocycles. The summed E-state index contributed by atoms with van der Waals surface area (Å²) < 4.78 is 13.0. The van der Waals surface area contributed by atoms with Crippen LogP contribution in [0.1, 0.15) is 116 Å². The molecule has 2 aromatic carbocycles. The topological polar surface area (TPSA) is 18.5 Å². The lowest BCUT2D eigenvalue weighted by Gasteiger charge is -2.48. The minimum absolute atomic E-state index is 0.303. The Hall–Kier alpha value is -1.58. The van der Waals surface area contributed by atoms with E-state index in [0.717, 1.165) is 0 Å². The zero-order valence-electron chi connectivity index (χ0n) is 22.6. The summed E-state index contributed by atoms with van der Waals surface area (Å²) in [5, 5.41) is 0. The maximum absolute atomic E-state index is 6.48. The second-order valence-corrected chi connectivity index (χ2v) is 13.0. The zero-order valence-corrected chi connectivity index (χ0v) is 22.6. The third-order valence-electron chi connectivity index (χ3n) is 10.6. The van der Waals surface area contributed by atoms with Gasteiger partial charge in [0.2, 0.25) is 0 Å². The van der Waals surface area contributed by atoms with Crippen LogP contribution in [0.4, 0.5) is 0 Å². The van der Waals surface area contributed by atoms with E-state index in [4.69, 9.17) is 9.31 Å². The van der Waals surface area contributed by atoms with E-state index >= 15 is 0 Å². The summed E-state index contributed by atoms with van der Waals surface area (Å²) in [7, 11) is -0.303. The molecule has 35 heavy (non-hydrogen) atoms. The van der Waals surface area contributed by atoms with E-state index in [9.17, 15) is 0 Å². The summed E-state index contributed by atoms with van der Waals surface area (Å²) in [6.07, 6.45) is 14.6. The Labute approximate surface area is 213 Å². The number of unbranched alkanes of at least 4 members (excludes halogenated alkanes) is 3. The molecule has 2 aromatic rings. The molecule has 0 spiro atoms. The van der Waals surface area contributed by atoms with Gasteiger partial charge in [0, 0.05) is 10.8 Å². The number of rotatable bonds is 6. The van der Waals surface area contributed by atoms with Gasteiger partial charge in [0.25, 0.3) is 0 Å². The lowest BCUT2D eigenvalue weighted by molar-refractivity contribution is 0.00578. The summed E-state index contributed by atoms with van der Waals surface area (Å²) in [6.45, 7) is 10.9. The van der Waals surface area contributed by atoms with Gasteiger partial charge in [0.15, 0.2) is 0 Å². The van der Waals surface area contributed by atoms with E-state index in [0.29, 0.717) is 10.8 Å². The second-order valence-electron chi connectivity index (χ2n) is 13.0. The molecule has 0 amide bonds. The first-order valence-corrected chi connectivity index (χ1v) is 14.4. The fourth-order valence-corrected chi connectivity index (χ4v) is 8.12. The van der Waals surface area contributed by atoms with Gasteiger partial charge in [-0.05, 0) is 99.5 Å². The number of aryl methyl sites for hydroxylation is 1. The van der Waals surface area contributed by atoms with Gasteiger partial charge in [0.1, 0.15) is 0 Å². The monoisotopic (exact) mass is 470 g/mol. The SMILES string of the molecule is CCCCCCc1ccc2c(c1)-c1cc(B3OC(C)(C)C(C)(C)O3)ccc1[C@]13CCC[C@]21CCC3. The molecule has 2 saturated carbocycles. The molecule has 0 atom stereocenters. The molecule has 6 rings (SSSR count). The van der Waals surface area contributed by atoms with E-state index in [1.807, 2.05) is 0 Å². The molecule has 0 N–H and O–H groups in total. The van der Waals surface area contributed by atoms with E-state index < -0.39 is 0 Å². The fraction of sp³-hybridized carbons (Fsp3) is 0.625. The van der Waals surface area contributed by atoms with Crippen LogP contribution in [-0.2, 0) is 26.6 Å². The molecule has 1 heterocycles. The van der Waals surface area contributed by atoms with E-state index in [1.54, 1.807) is 11.1 Å². The minimum atomic E-state index is -0.318. The lowest BCUT2D eigenvalue weighted by atomic mass is 9.55. The van der Waals surface area contributed by atoms with Crippen molar-refractivity contribution in [2.24, 2.45) is 0 Å². The summed E-state index contributed by atoms with van der Waals surface area (Å²) in [5.74, 6) is 0. The van der Waals surface area contributed by atoms with E-state index in [1.165, 1.54) is 92.8 Å². The molecule has 0 radical (unpaired) electrons. The van der Waals surface area contributed by atoms with Crippen LogP contribution in [0.3, 0.4) is 0 Å². The predicted molar refractivity (Wildman–Crippen MR) is 146 cm³/mol. The van der Waals surface area contributed by atoms with Crippen molar-refractivity contribution in [1.29, 1.82) is 0 Å². The maximum atomic E-state index is 6.48. The standard InChI is InChI=1S/C32H43BO2/c1-6-7-8-9-12-23-13-15-27-25(21-23)26-22-24(33-34-29(2,3)30(4,5)35-33)14-16-28(26)32-19-10-17-31(27,32)18-11-20-32/h13-16,21-22H,6-12,17-20H2,1-5H3/t31-,32+. The normalized spacial score (nSPS) is 29.6. The van der Waals surface area contributed by atoms with Gasteiger partial charge in [-0.3, -0.25) is 0 Å². The molecule has 2 nitrogen and oxygen atoms in total. The Morgan fingerprint density at radius 3 is 1.89 bits per heavy atom. The van der Waals surface area contributed by atoms with E-state index in [-0.39, 0.29) is 18.3 Å². The average molecular weight is 471 g/mol. The summed E-state index contributed by atoms with van der Waals surface area (Å²) in [6, 6.07) is 14.8. The smallest absolute Gasteiger partial charge is 0.399 e. The highest BCUT2D eigenvalue weighted by Gasteiger charge is 2.62.